The molecular formula is C41H55N7O8. The third-order valence-electron chi connectivity index (χ3n) is 10.7. The van der Waals surface area contributed by atoms with Gasteiger partial charge in [0.25, 0.3) is 5.91 Å². The number of nitrogens with one attached hydrogen (secondary N) is 6. The summed E-state index contributed by atoms with van der Waals surface area (Å²) in [6.07, 6.45) is 2.26. The van der Waals surface area contributed by atoms with Crippen molar-refractivity contribution >= 4 is 47.0 Å². The van der Waals surface area contributed by atoms with Crippen molar-refractivity contribution in [1.29, 1.82) is 0 Å². The minimum Gasteiger partial charge on any atom is -0.391 e. The number of aliphatic hydroxyl groups is 1. The van der Waals surface area contributed by atoms with Crippen LogP contribution in [0.25, 0.3) is 0 Å². The Balaban J connectivity index is 1.43. The number of carbonyl (C=O) groups is 7. The monoisotopic (exact) mass is 773 g/mol. The average Bonchev–Trinajstić information content (AvgIpc) is 3.53. The summed E-state index contributed by atoms with van der Waals surface area (Å²) < 4.78 is 0. The van der Waals surface area contributed by atoms with Crippen molar-refractivity contribution in [3.05, 3.63) is 65.2 Å². The van der Waals surface area contributed by atoms with Crippen molar-refractivity contribution in [3.63, 3.8) is 0 Å². The lowest BCUT2D eigenvalue weighted by Gasteiger charge is -2.29. The summed E-state index contributed by atoms with van der Waals surface area (Å²) >= 11 is 0. The Labute approximate surface area is 327 Å². The molecule has 2 aromatic carbocycles. The van der Waals surface area contributed by atoms with Crippen LogP contribution in [-0.2, 0) is 35.2 Å². The second-order valence-corrected chi connectivity index (χ2v) is 15.7. The van der Waals surface area contributed by atoms with Gasteiger partial charge in [0.1, 0.15) is 30.2 Å². The molecule has 7 amide bonds. The maximum atomic E-state index is 14.2. The molecule has 0 bridgehead atoms. The molecular weight excluding hydrogens is 718 g/mol. The molecule has 15 nitrogen and oxygen atoms in total. The standard InChI is InChI=1S/C41H55N7O8/c1-23(2)18-32-38(53)43-25(4)41(56)48-22-29(49)21-34(48)40(55)42-17-9-14-30(37(52)47-33(39(54)46-32)19-26-10-6-5-7-11-26)44-36(51)28-16-15-24(3)31(20-28)45-35(50)27-12-8-13-27/h5-7,10-11,15-16,20,23,25,27,29-30,32-34,49H,8-9,12-14,17-19,21-22H2,1-4H3,(H,42,55)(H,43,53)(H,44,51)(H,45,50)(H,46,54)(H,47,52)/t25-,29+,30-,32-,33+,34-/m0/s1. The van der Waals surface area contributed by atoms with Gasteiger partial charge in [0, 0.05) is 43.1 Å². The number of anilines is 1. The molecule has 5 rings (SSSR count). The Morgan fingerprint density at radius 3 is 2.25 bits per heavy atom. The van der Waals surface area contributed by atoms with Gasteiger partial charge in [-0.1, -0.05) is 56.7 Å². The molecule has 7 N–H and O–H groups in total. The van der Waals surface area contributed by atoms with Crippen molar-refractivity contribution in [2.24, 2.45) is 11.8 Å². The summed E-state index contributed by atoms with van der Waals surface area (Å²) in [5.74, 6) is -3.75. The fraction of sp³-hybridized carbons (Fsp3) is 0.537. The van der Waals surface area contributed by atoms with Crippen LogP contribution >= 0.6 is 0 Å². The first-order valence-corrected chi connectivity index (χ1v) is 19.6. The molecule has 3 aliphatic rings. The number of carbonyl (C=O) groups excluding carboxylic acids is 7. The van der Waals surface area contributed by atoms with E-state index in [1.165, 1.54) is 11.8 Å². The highest BCUT2D eigenvalue weighted by Crippen LogP contribution is 2.28. The molecule has 56 heavy (non-hydrogen) atoms. The lowest BCUT2D eigenvalue weighted by Crippen LogP contribution is -2.59. The molecule has 0 radical (unpaired) electrons. The van der Waals surface area contributed by atoms with Crippen LogP contribution < -0.4 is 31.9 Å². The molecule has 2 saturated heterocycles. The number of fused-ring (bicyclic) bond motifs is 1. The first kappa shape index (κ1) is 41.8. The van der Waals surface area contributed by atoms with Gasteiger partial charge in [-0.25, -0.2) is 0 Å². The van der Waals surface area contributed by atoms with Gasteiger partial charge in [-0.15, -0.1) is 0 Å². The van der Waals surface area contributed by atoms with E-state index in [0.29, 0.717) is 5.69 Å². The molecule has 0 aromatic heterocycles. The van der Waals surface area contributed by atoms with Gasteiger partial charge in [0.15, 0.2) is 0 Å². The molecule has 15 heteroatoms. The van der Waals surface area contributed by atoms with E-state index in [1.807, 2.05) is 26.8 Å². The molecule has 2 aromatic rings. The lowest BCUT2D eigenvalue weighted by molar-refractivity contribution is -0.141. The van der Waals surface area contributed by atoms with E-state index in [4.69, 9.17) is 0 Å². The Morgan fingerprint density at radius 2 is 1.57 bits per heavy atom. The topological polar surface area (TPSA) is 215 Å². The number of amides is 7. The number of nitrogens with zero attached hydrogens (tertiary/aromatic N) is 1. The van der Waals surface area contributed by atoms with E-state index in [0.717, 1.165) is 30.4 Å². The highest BCUT2D eigenvalue weighted by Gasteiger charge is 2.41. The first-order valence-electron chi connectivity index (χ1n) is 19.6. The Morgan fingerprint density at radius 1 is 0.875 bits per heavy atom. The maximum Gasteiger partial charge on any atom is 0.252 e. The van der Waals surface area contributed by atoms with E-state index in [9.17, 15) is 38.7 Å². The Hall–Kier alpha value is -5.31. The van der Waals surface area contributed by atoms with Crippen molar-refractivity contribution in [2.45, 2.75) is 115 Å². The Bertz CT molecular complexity index is 1780. The zero-order valence-electron chi connectivity index (χ0n) is 32.6. The molecule has 1 aliphatic carbocycles. The SMILES string of the molecule is Cc1ccc(C(=O)N[C@H]2CCCNC(=O)[C@@H]3C[C@@H](O)CN3C(=O)[C@H](C)NC(=O)[C@H](CC(C)C)NC(=O)[C@@H](Cc3ccccc3)NC2=O)cc1NC(=O)C1CCC1. The predicted octanol–water partition coefficient (Wildman–Crippen LogP) is 1.47. The van der Waals surface area contributed by atoms with Gasteiger partial charge >= 0.3 is 0 Å². The van der Waals surface area contributed by atoms with E-state index < -0.39 is 71.8 Å². The molecule has 302 valence electrons. The summed E-state index contributed by atoms with van der Waals surface area (Å²) in [5, 5.41) is 27.2. The molecule has 3 fully saturated rings. The van der Waals surface area contributed by atoms with Crippen LogP contribution in [0, 0.1) is 18.8 Å². The van der Waals surface area contributed by atoms with Crippen LogP contribution in [0.4, 0.5) is 5.69 Å². The average molecular weight is 774 g/mol. The summed E-state index contributed by atoms with van der Waals surface area (Å²) in [6.45, 7) is 7.05. The number of hydrogen-bond donors (Lipinski definition) is 7. The zero-order chi connectivity index (χ0) is 40.5. The normalized spacial score (nSPS) is 25.8. The van der Waals surface area contributed by atoms with E-state index >= 15 is 0 Å². The van der Waals surface area contributed by atoms with Crippen LogP contribution in [0.2, 0.25) is 0 Å². The quantitative estimate of drug-likeness (QED) is 0.208. The van der Waals surface area contributed by atoms with Crippen LogP contribution in [0.3, 0.4) is 0 Å². The highest BCUT2D eigenvalue weighted by atomic mass is 16.3. The molecule has 1 saturated carbocycles. The smallest absolute Gasteiger partial charge is 0.252 e. The minimum atomic E-state index is -1.17. The summed E-state index contributed by atoms with van der Waals surface area (Å²) in [4.78, 5) is 96.6. The van der Waals surface area contributed by atoms with Crippen molar-refractivity contribution in [1.82, 2.24) is 31.5 Å². The van der Waals surface area contributed by atoms with Gasteiger partial charge < -0.3 is 41.9 Å². The number of aliphatic hydroxyl groups excluding tert-OH is 1. The fourth-order valence-electron chi connectivity index (χ4n) is 7.19. The van der Waals surface area contributed by atoms with Gasteiger partial charge in [0.2, 0.25) is 35.4 Å². The van der Waals surface area contributed by atoms with Crippen molar-refractivity contribution in [3.8, 4) is 0 Å². The summed E-state index contributed by atoms with van der Waals surface area (Å²) in [5.41, 5.74) is 2.20. The molecule has 0 spiro atoms. The number of benzene rings is 2. The van der Waals surface area contributed by atoms with E-state index in [-0.39, 0.29) is 68.5 Å². The van der Waals surface area contributed by atoms with Crippen LogP contribution in [0.1, 0.15) is 87.2 Å². The number of hydrogen-bond acceptors (Lipinski definition) is 8. The highest BCUT2D eigenvalue weighted by molar-refractivity contribution is 6.01. The van der Waals surface area contributed by atoms with Gasteiger partial charge in [-0.2, -0.15) is 0 Å². The summed E-state index contributed by atoms with van der Waals surface area (Å²) in [6, 6.07) is 8.45. The maximum absolute atomic E-state index is 14.2. The van der Waals surface area contributed by atoms with Crippen LogP contribution in [0.5, 0.6) is 0 Å². The molecule has 2 heterocycles. The minimum absolute atomic E-state index is 0.00775. The van der Waals surface area contributed by atoms with Crippen LogP contribution in [-0.4, -0.2) is 101 Å². The third kappa shape index (κ3) is 10.9. The molecule has 0 unspecified atom stereocenters. The van der Waals surface area contributed by atoms with Crippen molar-refractivity contribution < 1.29 is 38.7 Å². The van der Waals surface area contributed by atoms with Gasteiger partial charge in [-0.3, -0.25) is 33.6 Å². The van der Waals surface area contributed by atoms with E-state index in [2.05, 4.69) is 31.9 Å². The third-order valence-corrected chi connectivity index (χ3v) is 10.7. The van der Waals surface area contributed by atoms with Gasteiger partial charge in [-0.05, 0) is 75.1 Å². The second kappa shape index (κ2) is 19.0. The first-order chi connectivity index (χ1) is 26.7. The summed E-state index contributed by atoms with van der Waals surface area (Å²) in [7, 11) is 0. The van der Waals surface area contributed by atoms with Crippen molar-refractivity contribution in [2.75, 3.05) is 18.4 Å². The van der Waals surface area contributed by atoms with E-state index in [1.54, 1.807) is 42.5 Å². The Kier molecular flexibility index (Phi) is 14.2. The van der Waals surface area contributed by atoms with Gasteiger partial charge in [0.05, 0.1) is 6.10 Å². The lowest BCUT2D eigenvalue weighted by atomic mass is 9.84. The molecule has 2 aliphatic heterocycles. The predicted molar refractivity (Wildman–Crippen MR) is 208 cm³/mol. The van der Waals surface area contributed by atoms with Crippen LogP contribution in [0.15, 0.2) is 48.5 Å². The molecule has 6 atom stereocenters. The zero-order valence-corrected chi connectivity index (χ0v) is 32.6. The number of aryl methyl sites for hydroxylation is 1. The largest absolute Gasteiger partial charge is 0.391 e. The fourth-order valence-corrected chi connectivity index (χ4v) is 7.19. The second-order valence-electron chi connectivity index (χ2n) is 15.7. The number of rotatable bonds is 8.